The largest absolute Gasteiger partial charge is 0.377 e. The molecule has 0 amide bonds. The van der Waals surface area contributed by atoms with E-state index in [1.165, 1.54) is 0 Å². The molecule has 0 unspecified atom stereocenters. The Morgan fingerprint density at radius 2 is 2.27 bits per heavy atom. The summed E-state index contributed by atoms with van der Waals surface area (Å²) < 4.78 is 7.59. The number of ether oxygens (including phenoxy) is 1. The van der Waals surface area contributed by atoms with Gasteiger partial charge in [0.1, 0.15) is 17.3 Å². The van der Waals surface area contributed by atoms with E-state index in [0.717, 1.165) is 47.6 Å². The zero-order valence-electron chi connectivity index (χ0n) is 14.6. The quantitative estimate of drug-likeness (QED) is 0.786. The van der Waals surface area contributed by atoms with Gasteiger partial charge in [0.05, 0.1) is 36.9 Å². The van der Waals surface area contributed by atoms with Gasteiger partial charge in [-0.3, -0.25) is 9.67 Å². The van der Waals surface area contributed by atoms with Crippen molar-refractivity contribution in [3.63, 3.8) is 0 Å². The number of fused-ring (bicyclic) bond motifs is 1. The third kappa shape index (κ3) is 2.22. The van der Waals surface area contributed by atoms with Crippen LogP contribution in [0.4, 0.5) is 5.82 Å². The molecule has 4 heterocycles. The minimum atomic E-state index is -0.369. The van der Waals surface area contributed by atoms with E-state index < -0.39 is 0 Å². The van der Waals surface area contributed by atoms with E-state index >= 15 is 0 Å². The zero-order valence-corrected chi connectivity index (χ0v) is 14.6. The lowest BCUT2D eigenvalue weighted by atomic mass is 9.95. The highest BCUT2D eigenvalue weighted by Crippen LogP contribution is 2.50. The van der Waals surface area contributed by atoms with Crippen LogP contribution in [-0.2, 0) is 10.2 Å². The smallest absolute Gasteiger partial charge is 0.148 e. The Morgan fingerprint density at radius 1 is 1.38 bits per heavy atom. The highest BCUT2D eigenvalue weighted by atomic mass is 16.5. The molecule has 3 aromatic heterocycles. The lowest BCUT2D eigenvalue weighted by Gasteiger charge is -2.34. The molecule has 1 aliphatic heterocycles. The molecular weight excluding hydrogens is 328 g/mol. The predicted octanol–water partition coefficient (Wildman–Crippen LogP) is 2.53. The lowest BCUT2D eigenvalue weighted by Crippen LogP contribution is -2.44. The maximum Gasteiger partial charge on any atom is 0.148 e. The van der Waals surface area contributed by atoms with Gasteiger partial charge in [-0.2, -0.15) is 10.4 Å². The molecule has 5 rings (SSSR count). The fourth-order valence-corrected chi connectivity index (χ4v) is 3.85. The maximum absolute atomic E-state index is 9.79. The van der Waals surface area contributed by atoms with Crippen molar-refractivity contribution in [2.75, 3.05) is 24.7 Å². The molecular formula is C19H20N6O. The van der Waals surface area contributed by atoms with Crippen LogP contribution in [0.25, 0.3) is 16.9 Å². The van der Waals surface area contributed by atoms with Crippen LogP contribution in [0.2, 0.25) is 0 Å². The highest BCUT2D eigenvalue weighted by Gasteiger charge is 2.46. The Morgan fingerprint density at radius 3 is 2.96 bits per heavy atom. The second kappa shape index (κ2) is 5.58. The van der Waals surface area contributed by atoms with Gasteiger partial charge in [0, 0.05) is 24.2 Å². The van der Waals surface area contributed by atoms with E-state index in [2.05, 4.69) is 40.2 Å². The number of nitrogens with one attached hydrogen (secondary N) is 1. The van der Waals surface area contributed by atoms with Crippen LogP contribution in [-0.4, -0.2) is 45.5 Å². The van der Waals surface area contributed by atoms with Crippen LogP contribution in [0.1, 0.15) is 25.3 Å². The predicted molar refractivity (Wildman–Crippen MR) is 97.4 cm³/mol. The minimum absolute atomic E-state index is 0.259. The van der Waals surface area contributed by atoms with Crippen molar-refractivity contribution in [2.24, 2.45) is 0 Å². The van der Waals surface area contributed by atoms with Crippen molar-refractivity contribution >= 4 is 16.9 Å². The molecule has 0 spiro atoms. The SMILES string of the molecule is C[C@@H]1COCCN1c1cc(C2(C#N)CC2)c2ccn(-c3ccn[nH]3)c2n1. The summed E-state index contributed by atoms with van der Waals surface area (Å²) in [5.74, 6) is 1.79. The van der Waals surface area contributed by atoms with Crippen LogP contribution < -0.4 is 4.90 Å². The topological polar surface area (TPSA) is 82.8 Å². The van der Waals surface area contributed by atoms with Gasteiger partial charge >= 0.3 is 0 Å². The molecule has 7 heteroatoms. The number of aromatic nitrogens is 4. The number of pyridine rings is 1. The monoisotopic (exact) mass is 348 g/mol. The Bertz CT molecular complexity index is 995. The average Bonchev–Trinajstić information content (AvgIpc) is 3.06. The summed E-state index contributed by atoms with van der Waals surface area (Å²) in [6.45, 7) is 4.35. The number of nitrogens with zero attached hydrogens (tertiary/aromatic N) is 5. The summed E-state index contributed by atoms with van der Waals surface area (Å²) in [6.07, 6.45) is 5.55. The first kappa shape index (κ1) is 15.4. The van der Waals surface area contributed by atoms with Gasteiger partial charge in [-0.25, -0.2) is 4.98 Å². The molecule has 132 valence electrons. The Labute approximate surface area is 151 Å². The Kier molecular flexibility index (Phi) is 3.31. The number of anilines is 1. The molecule has 1 atom stereocenters. The standard InChI is InChI=1S/C19H20N6O/c1-13-11-26-9-8-24(13)17-10-15(19(12-20)4-5-19)14-3-7-25(18(14)22-17)16-2-6-21-23-16/h2-3,6-7,10,13H,4-5,8-9,11H2,1H3,(H,21,23)/t13-/m1/s1. The van der Waals surface area contributed by atoms with Crippen molar-refractivity contribution in [1.29, 1.82) is 5.26 Å². The van der Waals surface area contributed by atoms with Gasteiger partial charge in [-0.15, -0.1) is 0 Å². The number of nitriles is 1. The van der Waals surface area contributed by atoms with Crippen molar-refractivity contribution in [3.8, 4) is 11.9 Å². The first-order chi connectivity index (χ1) is 12.7. The van der Waals surface area contributed by atoms with Gasteiger partial charge < -0.3 is 9.64 Å². The minimum Gasteiger partial charge on any atom is -0.377 e. The number of rotatable bonds is 3. The Hall–Kier alpha value is -2.85. The fraction of sp³-hybridized carbons (Fsp3) is 0.421. The van der Waals surface area contributed by atoms with Crippen molar-refractivity contribution in [1.82, 2.24) is 19.7 Å². The number of H-pyrrole nitrogens is 1. The normalized spacial score (nSPS) is 21.7. The average molecular weight is 348 g/mol. The van der Waals surface area contributed by atoms with Crippen LogP contribution >= 0.6 is 0 Å². The molecule has 7 nitrogen and oxygen atoms in total. The second-order valence-electron chi connectivity index (χ2n) is 7.20. The maximum atomic E-state index is 9.79. The second-order valence-corrected chi connectivity index (χ2v) is 7.20. The number of aromatic amines is 1. The molecule has 0 aromatic carbocycles. The van der Waals surface area contributed by atoms with E-state index in [4.69, 9.17) is 9.72 Å². The molecule has 1 N–H and O–H groups in total. The van der Waals surface area contributed by atoms with E-state index in [1.807, 2.05) is 16.8 Å². The lowest BCUT2D eigenvalue weighted by molar-refractivity contribution is 0.0985. The number of hydrogen-bond donors (Lipinski definition) is 1. The third-order valence-corrected chi connectivity index (χ3v) is 5.53. The van der Waals surface area contributed by atoms with Crippen molar-refractivity contribution in [3.05, 3.63) is 36.2 Å². The molecule has 3 aromatic rings. The summed E-state index contributed by atoms with van der Waals surface area (Å²) in [4.78, 5) is 7.26. The number of morpholine rings is 1. The van der Waals surface area contributed by atoms with E-state index in [9.17, 15) is 5.26 Å². The van der Waals surface area contributed by atoms with Gasteiger partial charge in [-0.05, 0) is 37.5 Å². The van der Waals surface area contributed by atoms with Crippen LogP contribution in [0.5, 0.6) is 0 Å². The van der Waals surface area contributed by atoms with Crippen molar-refractivity contribution < 1.29 is 4.74 Å². The van der Waals surface area contributed by atoms with Crippen molar-refractivity contribution in [2.45, 2.75) is 31.2 Å². The van der Waals surface area contributed by atoms with Crippen LogP contribution in [0.15, 0.2) is 30.6 Å². The van der Waals surface area contributed by atoms with Gasteiger partial charge in [0.25, 0.3) is 0 Å². The number of hydrogen-bond acceptors (Lipinski definition) is 5. The van der Waals surface area contributed by atoms with Crippen LogP contribution in [0.3, 0.4) is 0 Å². The third-order valence-electron chi connectivity index (χ3n) is 5.53. The molecule has 26 heavy (non-hydrogen) atoms. The first-order valence-electron chi connectivity index (χ1n) is 9.00. The summed E-state index contributed by atoms with van der Waals surface area (Å²) in [6, 6.07) is 8.90. The van der Waals surface area contributed by atoms with E-state index in [-0.39, 0.29) is 11.5 Å². The summed E-state index contributed by atoms with van der Waals surface area (Å²) in [7, 11) is 0. The van der Waals surface area contributed by atoms with Gasteiger partial charge in [0.2, 0.25) is 0 Å². The molecule has 0 radical (unpaired) electrons. The summed E-state index contributed by atoms with van der Waals surface area (Å²) in [5.41, 5.74) is 1.59. The van der Waals surface area contributed by atoms with Gasteiger partial charge in [0.15, 0.2) is 0 Å². The molecule has 0 bridgehead atoms. The molecule has 1 aliphatic carbocycles. The molecule has 2 fully saturated rings. The Balaban J connectivity index is 1.73. The summed E-state index contributed by atoms with van der Waals surface area (Å²) >= 11 is 0. The van der Waals surface area contributed by atoms with E-state index in [1.54, 1.807) is 6.20 Å². The zero-order chi connectivity index (χ0) is 17.7. The van der Waals surface area contributed by atoms with E-state index in [0.29, 0.717) is 13.2 Å². The molecule has 2 aliphatic rings. The fourth-order valence-electron chi connectivity index (χ4n) is 3.85. The van der Waals surface area contributed by atoms with Crippen LogP contribution in [0, 0.1) is 11.3 Å². The first-order valence-corrected chi connectivity index (χ1v) is 9.00. The highest BCUT2D eigenvalue weighted by molar-refractivity contribution is 5.86. The molecule has 1 saturated carbocycles. The van der Waals surface area contributed by atoms with Gasteiger partial charge in [-0.1, -0.05) is 0 Å². The summed E-state index contributed by atoms with van der Waals surface area (Å²) in [5, 5.41) is 17.9. The molecule has 1 saturated heterocycles.